The molecular weight excluding hydrogens is 242 g/mol. The van der Waals surface area contributed by atoms with E-state index < -0.39 is 0 Å². The van der Waals surface area contributed by atoms with Crippen molar-refractivity contribution in [3.05, 3.63) is 23.8 Å². The minimum atomic E-state index is 0.102. The molecule has 0 aliphatic carbocycles. The maximum Gasteiger partial charge on any atom is 0.166 e. The fourth-order valence-corrected chi connectivity index (χ4v) is 1.81. The van der Waals surface area contributed by atoms with Crippen LogP contribution in [-0.2, 0) is 6.54 Å². The van der Waals surface area contributed by atoms with Gasteiger partial charge >= 0.3 is 0 Å². The third kappa shape index (κ3) is 5.09. The lowest BCUT2D eigenvalue weighted by Crippen LogP contribution is -2.26. The molecule has 1 aromatic carbocycles. The fraction of sp³-hybridized carbons (Fsp3) is 0.600. The first kappa shape index (κ1) is 15.8. The van der Waals surface area contributed by atoms with Crippen LogP contribution in [0.25, 0.3) is 0 Å². The molecule has 1 aromatic rings. The number of ether oxygens (including phenoxy) is 2. The first-order valence-corrected chi connectivity index (χ1v) is 6.75. The summed E-state index contributed by atoms with van der Waals surface area (Å²) in [5.41, 5.74) is 1.07. The Morgan fingerprint density at radius 3 is 2.58 bits per heavy atom. The second kappa shape index (κ2) is 8.02. The number of benzene rings is 1. The third-order valence-corrected chi connectivity index (χ3v) is 2.84. The number of nitrogens with one attached hydrogen (secondary N) is 1. The Kier molecular flexibility index (Phi) is 6.67. The lowest BCUT2D eigenvalue weighted by molar-refractivity contribution is 0.226. The average Bonchev–Trinajstić information content (AvgIpc) is 2.37. The Labute approximate surface area is 115 Å². The van der Waals surface area contributed by atoms with E-state index in [2.05, 4.69) is 12.2 Å². The SMILES string of the molecule is COc1cccc(CNC(C)CCO)c1OC(C)C. The van der Waals surface area contributed by atoms with Gasteiger partial charge in [-0.25, -0.2) is 0 Å². The van der Waals surface area contributed by atoms with Crippen LogP contribution in [0.15, 0.2) is 18.2 Å². The number of hydrogen-bond donors (Lipinski definition) is 2. The largest absolute Gasteiger partial charge is 0.493 e. The van der Waals surface area contributed by atoms with Crippen LogP contribution < -0.4 is 14.8 Å². The van der Waals surface area contributed by atoms with Gasteiger partial charge in [0.15, 0.2) is 11.5 Å². The molecular formula is C15H25NO3. The van der Waals surface area contributed by atoms with Gasteiger partial charge in [-0.15, -0.1) is 0 Å². The molecule has 0 aliphatic rings. The smallest absolute Gasteiger partial charge is 0.166 e. The zero-order chi connectivity index (χ0) is 14.3. The van der Waals surface area contributed by atoms with Crippen LogP contribution in [0.3, 0.4) is 0 Å². The van der Waals surface area contributed by atoms with Crippen LogP contribution in [-0.4, -0.2) is 31.0 Å². The second-order valence-corrected chi connectivity index (χ2v) is 4.91. The molecule has 0 heterocycles. The van der Waals surface area contributed by atoms with Gasteiger partial charge in [-0.05, 0) is 33.3 Å². The van der Waals surface area contributed by atoms with Crippen LogP contribution in [0, 0.1) is 0 Å². The summed E-state index contributed by atoms with van der Waals surface area (Å²) >= 11 is 0. The quantitative estimate of drug-likeness (QED) is 0.759. The Balaban J connectivity index is 2.80. The highest BCUT2D eigenvalue weighted by Crippen LogP contribution is 2.32. The number of aliphatic hydroxyl groups is 1. The second-order valence-electron chi connectivity index (χ2n) is 4.91. The van der Waals surface area contributed by atoms with Gasteiger partial charge in [0, 0.05) is 24.8 Å². The Bertz CT molecular complexity index is 380. The van der Waals surface area contributed by atoms with Crippen LogP contribution in [0.5, 0.6) is 11.5 Å². The van der Waals surface area contributed by atoms with Gasteiger partial charge in [0.05, 0.1) is 13.2 Å². The molecule has 0 saturated heterocycles. The number of para-hydroxylation sites is 1. The van der Waals surface area contributed by atoms with E-state index in [0.29, 0.717) is 6.54 Å². The van der Waals surface area contributed by atoms with E-state index in [4.69, 9.17) is 14.6 Å². The van der Waals surface area contributed by atoms with Gasteiger partial charge in [0.25, 0.3) is 0 Å². The van der Waals surface area contributed by atoms with Crippen molar-refractivity contribution < 1.29 is 14.6 Å². The Morgan fingerprint density at radius 1 is 1.26 bits per heavy atom. The van der Waals surface area contributed by atoms with Crippen molar-refractivity contribution in [2.24, 2.45) is 0 Å². The van der Waals surface area contributed by atoms with Crippen molar-refractivity contribution in [3.8, 4) is 11.5 Å². The fourth-order valence-electron chi connectivity index (χ4n) is 1.81. The summed E-state index contributed by atoms with van der Waals surface area (Å²) in [6.45, 7) is 6.94. The molecule has 19 heavy (non-hydrogen) atoms. The third-order valence-electron chi connectivity index (χ3n) is 2.84. The molecule has 0 radical (unpaired) electrons. The van der Waals surface area contributed by atoms with E-state index in [1.54, 1.807) is 7.11 Å². The van der Waals surface area contributed by atoms with Crippen LogP contribution in [0.4, 0.5) is 0 Å². The maximum atomic E-state index is 8.90. The van der Waals surface area contributed by atoms with Gasteiger partial charge in [-0.1, -0.05) is 12.1 Å². The first-order chi connectivity index (χ1) is 9.08. The first-order valence-electron chi connectivity index (χ1n) is 6.75. The summed E-state index contributed by atoms with van der Waals surface area (Å²) < 4.78 is 11.2. The lowest BCUT2D eigenvalue weighted by Gasteiger charge is -2.19. The topological polar surface area (TPSA) is 50.7 Å². The molecule has 1 unspecified atom stereocenters. The highest BCUT2D eigenvalue weighted by Gasteiger charge is 2.12. The minimum absolute atomic E-state index is 0.102. The van der Waals surface area contributed by atoms with E-state index in [1.807, 2.05) is 32.0 Å². The summed E-state index contributed by atoms with van der Waals surface area (Å²) in [5.74, 6) is 1.55. The van der Waals surface area contributed by atoms with Crippen LogP contribution >= 0.6 is 0 Å². The van der Waals surface area contributed by atoms with E-state index in [0.717, 1.165) is 23.5 Å². The molecule has 0 aromatic heterocycles. The summed E-state index contributed by atoms with van der Waals surface area (Å²) in [5, 5.41) is 12.3. The number of rotatable bonds is 8. The summed E-state index contributed by atoms with van der Waals surface area (Å²) in [6, 6.07) is 6.15. The summed E-state index contributed by atoms with van der Waals surface area (Å²) in [6.07, 6.45) is 0.842. The van der Waals surface area contributed by atoms with Gasteiger partial charge in [0.2, 0.25) is 0 Å². The molecule has 0 bridgehead atoms. The van der Waals surface area contributed by atoms with E-state index >= 15 is 0 Å². The highest BCUT2D eigenvalue weighted by molar-refractivity contribution is 5.46. The van der Waals surface area contributed by atoms with Crippen molar-refractivity contribution in [2.45, 2.75) is 45.9 Å². The average molecular weight is 267 g/mol. The molecule has 4 nitrogen and oxygen atoms in total. The zero-order valence-electron chi connectivity index (χ0n) is 12.3. The van der Waals surface area contributed by atoms with Crippen molar-refractivity contribution in [2.75, 3.05) is 13.7 Å². The maximum absolute atomic E-state index is 8.90. The van der Waals surface area contributed by atoms with Crippen molar-refractivity contribution in [1.29, 1.82) is 0 Å². The van der Waals surface area contributed by atoms with E-state index in [9.17, 15) is 0 Å². The van der Waals surface area contributed by atoms with Crippen molar-refractivity contribution in [1.82, 2.24) is 5.32 Å². The molecule has 0 amide bonds. The monoisotopic (exact) mass is 267 g/mol. The highest BCUT2D eigenvalue weighted by atomic mass is 16.5. The molecule has 0 spiro atoms. The lowest BCUT2D eigenvalue weighted by atomic mass is 10.1. The standard InChI is InChI=1S/C15H25NO3/c1-11(2)19-15-13(6-5-7-14(15)18-4)10-16-12(3)8-9-17/h5-7,11-12,16-17H,8-10H2,1-4H3. The molecule has 1 atom stereocenters. The summed E-state index contributed by atoms with van der Waals surface area (Å²) in [4.78, 5) is 0. The number of hydrogen-bond acceptors (Lipinski definition) is 4. The Morgan fingerprint density at radius 2 is 2.00 bits per heavy atom. The van der Waals surface area contributed by atoms with Gasteiger partial charge in [-0.2, -0.15) is 0 Å². The van der Waals surface area contributed by atoms with Crippen molar-refractivity contribution >= 4 is 0 Å². The molecule has 1 rings (SSSR count). The molecule has 4 heteroatoms. The predicted molar refractivity (Wildman–Crippen MR) is 76.8 cm³/mol. The Hall–Kier alpha value is -1.26. The normalized spacial score (nSPS) is 12.5. The van der Waals surface area contributed by atoms with Crippen LogP contribution in [0.2, 0.25) is 0 Å². The predicted octanol–water partition coefficient (Wildman–Crippen LogP) is 2.34. The molecule has 0 saturated carbocycles. The van der Waals surface area contributed by atoms with E-state index in [1.165, 1.54) is 0 Å². The molecule has 0 aliphatic heterocycles. The van der Waals surface area contributed by atoms with Crippen molar-refractivity contribution in [3.63, 3.8) is 0 Å². The van der Waals surface area contributed by atoms with Crippen LogP contribution in [0.1, 0.15) is 32.8 Å². The van der Waals surface area contributed by atoms with Gasteiger partial charge in [0.1, 0.15) is 0 Å². The zero-order valence-corrected chi connectivity index (χ0v) is 12.3. The minimum Gasteiger partial charge on any atom is -0.493 e. The molecule has 108 valence electrons. The van der Waals surface area contributed by atoms with E-state index in [-0.39, 0.29) is 18.8 Å². The molecule has 0 fully saturated rings. The number of methoxy groups -OCH3 is 1. The van der Waals surface area contributed by atoms with Gasteiger partial charge < -0.3 is 19.9 Å². The van der Waals surface area contributed by atoms with Gasteiger partial charge in [-0.3, -0.25) is 0 Å². The summed E-state index contributed by atoms with van der Waals surface area (Å²) in [7, 11) is 1.65. The molecule has 2 N–H and O–H groups in total. The number of aliphatic hydroxyl groups excluding tert-OH is 1.